The fraction of sp³-hybridized carbons (Fsp3) is 0.0476. The molecule has 1 aromatic heterocycles. The number of fused-ring (bicyclic) bond motifs is 1. The molecule has 1 heterocycles. The van der Waals surface area contributed by atoms with E-state index in [0.717, 1.165) is 32.2 Å². The number of halogens is 1. The Morgan fingerprint density at radius 3 is 2.50 bits per heavy atom. The number of anilines is 1. The van der Waals surface area contributed by atoms with E-state index in [2.05, 4.69) is 43.6 Å². The topological polar surface area (TPSA) is 57.8 Å². The number of nitrogens with zero attached hydrogens (tertiary/aromatic N) is 1. The fourth-order valence-corrected chi connectivity index (χ4v) is 3.44. The van der Waals surface area contributed by atoms with Crippen LogP contribution in [0.15, 0.2) is 77.4 Å². The Morgan fingerprint density at radius 1 is 1.00 bits per heavy atom. The molecule has 0 unspecified atom stereocenters. The maximum atomic E-state index is 12.5. The van der Waals surface area contributed by atoms with Crippen molar-refractivity contribution in [3.8, 4) is 11.1 Å². The molecule has 2 N–H and O–H groups in total. The first-order chi connectivity index (χ1) is 12.7. The number of ketones is 1. The fourth-order valence-electron chi connectivity index (χ4n) is 2.88. The number of hydrogen-bond donors (Lipinski definition) is 2. The number of benzene rings is 3. The summed E-state index contributed by atoms with van der Waals surface area (Å²) < 4.78 is 0.912. The minimum absolute atomic E-state index is 0.0491. The molecule has 0 fully saturated rings. The highest BCUT2D eigenvalue weighted by molar-refractivity contribution is 9.10. The number of rotatable bonds is 5. The molecule has 0 atom stereocenters. The molecule has 0 amide bonds. The highest BCUT2D eigenvalue weighted by Gasteiger charge is 2.08. The molecular weight excluding hydrogens is 390 g/mol. The number of hydrogen-bond acceptors (Lipinski definition) is 3. The van der Waals surface area contributed by atoms with Crippen LogP contribution in [0.5, 0.6) is 0 Å². The van der Waals surface area contributed by atoms with Crippen LogP contribution < -0.4 is 5.32 Å². The largest absolute Gasteiger partial charge is 0.378 e. The average molecular weight is 406 g/mol. The zero-order chi connectivity index (χ0) is 17.9. The van der Waals surface area contributed by atoms with Crippen LogP contribution in [0.1, 0.15) is 10.4 Å². The Morgan fingerprint density at radius 2 is 1.73 bits per heavy atom. The van der Waals surface area contributed by atoms with Crippen molar-refractivity contribution < 1.29 is 4.79 Å². The summed E-state index contributed by atoms with van der Waals surface area (Å²) in [6.07, 6.45) is 1.76. The normalized spacial score (nSPS) is 10.8. The molecule has 5 heteroatoms. The number of Topliss-reactive ketones (excluding diaryl/α,β-unsaturated/α-hetero) is 1. The molecule has 0 saturated heterocycles. The Labute approximate surface area is 159 Å². The first-order valence-corrected chi connectivity index (χ1v) is 9.05. The van der Waals surface area contributed by atoms with E-state index in [1.807, 2.05) is 54.6 Å². The van der Waals surface area contributed by atoms with Crippen LogP contribution in [0.3, 0.4) is 0 Å². The van der Waals surface area contributed by atoms with Gasteiger partial charge in [-0.3, -0.25) is 9.89 Å². The smallest absolute Gasteiger partial charge is 0.181 e. The van der Waals surface area contributed by atoms with Gasteiger partial charge in [0.1, 0.15) is 0 Å². The summed E-state index contributed by atoms with van der Waals surface area (Å²) in [6, 6.07) is 21.7. The highest BCUT2D eigenvalue weighted by atomic mass is 79.9. The lowest BCUT2D eigenvalue weighted by Gasteiger charge is -2.08. The van der Waals surface area contributed by atoms with E-state index in [9.17, 15) is 4.79 Å². The molecule has 4 nitrogen and oxygen atoms in total. The summed E-state index contributed by atoms with van der Waals surface area (Å²) in [4.78, 5) is 12.5. The summed E-state index contributed by atoms with van der Waals surface area (Å²) in [5, 5.41) is 11.1. The van der Waals surface area contributed by atoms with E-state index in [1.165, 1.54) is 0 Å². The third kappa shape index (κ3) is 3.39. The number of carbonyl (C=O) groups is 1. The molecular formula is C21H16BrN3O. The van der Waals surface area contributed by atoms with E-state index in [1.54, 1.807) is 6.20 Å². The average Bonchev–Trinajstić information content (AvgIpc) is 3.16. The van der Waals surface area contributed by atoms with Gasteiger partial charge in [0.25, 0.3) is 0 Å². The van der Waals surface area contributed by atoms with Gasteiger partial charge >= 0.3 is 0 Å². The molecule has 0 radical (unpaired) electrons. The van der Waals surface area contributed by atoms with Gasteiger partial charge in [0.15, 0.2) is 5.78 Å². The minimum atomic E-state index is 0.0491. The second-order valence-corrected chi connectivity index (χ2v) is 6.87. The van der Waals surface area contributed by atoms with Crippen LogP contribution in [0.2, 0.25) is 0 Å². The van der Waals surface area contributed by atoms with Crippen molar-refractivity contribution in [1.29, 1.82) is 0 Å². The molecule has 4 rings (SSSR count). The molecule has 0 bridgehead atoms. The first-order valence-electron chi connectivity index (χ1n) is 8.26. The van der Waals surface area contributed by atoms with Crippen molar-refractivity contribution in [2.45, 2.75) is 0 Å². The van der Waals surface area contributed by atoms with E-state index in [-0.39, 0.29) is 12.3 Å². The molecule has 0 aliphatic carbocycles. The van der Waals surface area contributed by atoms with Gasteiger partial charge in [-0.25, -0.2) is 0 Å². The van der Waals surface area contributed by atoms with Gasteiger partial charge in [-0.1, -0.05) is 54.6 Å². The maximum absolute atomic E-state index is 12.5. The highest BCUT2D eigenvalue weighted by Crippen LogP contribution is 2.26. The summed E-state index contributed by atoms with van der Waals surface area (Å²) in [6.45, 7) is 0.237. The quantitative estimate of drug-likeness (QED) is 0.443. The lowest BCUT2D eigenvalue weighted by molar-refractivity contribution is 0.101. The van der Waals surface area contributed by atoms with Crippen LogP contribution in [0, 0.1) is 0 Å². The van der Waals surface area contributed by atoms with Gasteiger partial charge in [-0.2, -0.15) is 5.10 Å². The number of aromatic amines is 1. The second kappa shape index (κ2) is 7.14. The number of carbonyl (C=O) groups excluding carboxylic acids is 1. The lowest BCUT2D eigenvalue weighted by atomic mass is 10.0. The Kier molecular flexibility index (Phi) is 4.54. The van der Waals surface area contributed by atoms with Gasteiger partial charge in [-0.15, -0.1) is 0 Å². The molecule has 0 aliphatic rings. The Balaban J connectivity index is 1.46. The van der Waals surface area contributed by atoms with Crippen molar-refractivity contribution >= 4 is 38.3 Å². The summed E-state index contributed by atoms with van der Waals surface area (Å²) in [5.41, 5.74) is 4.76. The van der Waals surface area contributed by atoms with Gasteiger partial charge < -0.3 is 5.32 Å². The Hall–Kier alpha value is -2.92. The molecule has 0 aliphatic heterocycles. The van der Waals surface area contributed by atoms with Gasteiger partial charge in [0.05, 0.1) is 18.3 Å². The second-order valence-electron chi connectivity index (χ2n) is 6.01. The van der Waals surface area contributed by atoms with E-state index >= 15 is 0 Å². The molecule has 0 saturated carbocycles. The van der Waals surface area contributed by atoms with Gasteiger partial charge in [-0.05, 0) is 39.2 Å². The van der Waals surface area contributed by atoms with Crippen LogP contribution in [0.4, 0.5) is 5.69 Å². The Bertz CT molecular complexity index is 1060. The summed E-state index contributed by atoms with van der Waals surface area (Å²) >= 11 is 3.51. The van der Waals surface area contributed by atoms with Crippen molar-refractivity contribution in [2.75, 3.05) is 11.9 Å². The van der Waals surface area contributed by atoms with Crippen LogP contribution in [-0.4, -0.2) is 22.5 Å². The third-order valence-corrected chi connectivity index (χ3v) is 4.89. The van der Waals surface area contributed by atoms with Crippen molar-refractivity contribution in [3.63, 3.8) is 0 Å². The predicted molar refractivity (Wildman–Crippen MR) is 108 cm³/mol. The predicted octanol–water partition coefficient (Wildman–Crippen LogP) is 5.29. The molecule has 4 aromatic rings. The van der Waals surface area contributed by atoms with Crippen LogP contribution >= 0.6 is 15.9 Å². The van der Waals surface area contributed by atoms with E-state index in [0.29, 0.717) is 5.56 Å². The monoisotopic (exact) mass is 405 g/mol. The number of H-pyrrole nitrogens is 1. The lowest BCUT2D eigenvalue weighted by Crippen LogP contribution is -2.13. The van der Waals surface area contributed by atoms with Crippen molar-refractivity contribution in [1.82, 2.24) is 10.2 Å². The van der Waals surface area contributed by atoms with E-state index < -0.39 is 0 Å². The molecule has 3 aromatic carbocycles. The van der Waals surface area contributed by atoms with Gasteiger partial charge in [0.2, 0.25) is 0 Å². The zero-order valence-electron chi connectivity index (χ0n) is 13.9. The molecule has 26 heavy (non-hydrogen) atoms. The van der Waals surface area contributed by atoms with Crippen LogP contribution in [0.25, 0.3) is 22.0 Å². The molecule has 0 spiro atoms. The summed E-state index contributed by atoms with van der Waals surface area (Å²) in [5.74, 6) is 0.0491. The summed E-state index contributed by atoms with van der Waals surface area (Å²) in [7, 11) is 0. The van der Waals surface area contributed by atoms with Crippen LogP contribution in [-0.2, 0) is 0 Å². The maximum Gasteiger partial charge on any atom is 0.181 e. The standard InChI is InChI=1S/C21H16BrN3O/c22-19-11-18(10-17-12-24-25-21(17)19)23-13-20(26)16-8-6-15(7-9-16)14-4-2-1-3-5-14/h1-12,23H,13H2,(H,24,25). The zero-order valence-corrected chi connectivity index (χ0v) is 15.5. The van der Waals surface area contributed by atoms with Gasteiger partial charge in [0, 0.05) is 21.1 Å². The van der Waals surface area contributed by atoms with Crippen molar-refractivity contribution in [2.24, 2.45) is 0 Å². The third-order valence-electron chi connectivity index (χ3n) is 4.27. The number of nitrogens with one attached hydrogen (secondary N) is 2. The SMILES string of the molecule is O=C(CNc1cc(Br)c2[nH]ncc2c1)c1ccc(-c2ccccc2)cc1. The number of aromatic nitrogens is 2. The van der Waals surface area contributed by atoms with Crippen molar-refractivity contribution in [3.05, 3.63) is 83.0 Å². The molecule has 128 valence electrons. The minimum Gasteiger partial charge on any atom is -0.378 e. The first kappa shape index (κ1) is 16.5. The van der Waals surface area contributed by atoms with E-state index in [4.69, 9.17) is 0 Å².